The van der Waals surface area contributed by atoms with Gasteiger partial charge in [-0.05, 0) is 0 Å². The molecular formula is C13H20ClNO5. The molecule has 20 heavy (non-hydrogen) atoms. The zero-order valence-electron chi connectivity index (χ0n) is 12.0. The maximum absolute atomic E-state index is 11.3. The molecule has 2 N–H and O–H groups in total. The number of ether oxygens (including phenoxy) is 4. The molecular weight excluding hydrogens is 286 g/mol. The number of benzene rings is 1. The predicted octanol–water partition coefficient (Wildman–Crippen LogP) is 1.70. The minimum atomic E-state index is -0.580. The lowest BCUT2D eigenvalue weighted by molar-refractivity contribution is -0.141. The molecule has 0 amide bonds. The van der Waals surface area contributed by atoms with Crippen LogP contribution in [0.3, 0.4) is 0 Å². The third-order valence-corrected chi connectivity index (χ3v) is 2.74. The average Bonchev–Trinajstić information content (AvgIpc) is 2.44. The third-order valence-electron chi connectivity index (χ3n) is 2.74. The highest BCUT2D eigenvalue weighted by molar-refractivity contribution is 5.85. The van der Waals surface area contributed by atoms with Crippen LogP contribution in [0, 0.1) is 0 Å². The van der Waals surface area contributed by atoms with Gasteiger partial charge in [-0.2, -0.15) is 0 Å². The number of halogens is 1. The van der Waals surface area contributed by atoms with E-state index in [1.807, 2.05) is 0 Å². The van der Waals surface area contributed by atoms with Crippen LogP contribution in [0.1, 0.15) is 18.0 Å². The van der Waals surface area contributed by atoms with Crippen molar-refractivity contribution in [2.45, 2.75) is 12.5 Å². The average molecular weight is 306 g/mol. The molecule has 0 aliphatic heterocycles. The Morgan fingerprint density at radius 2 is 1.60 bits per heavy atom. The Balaban J connectivity index is 0.00000361. The van der Waals surface area contributed by atoms with Crippen LogP contribution >= 0.6 is 12.4 Å². The summed E-state index contributed by atoms with van der Waals surface area (Å²) in [6.07, 6.45) is 0.0373. The number of carbonyl (C=O) groups is 1. The van der Waals surface area contributed by atoms with Crippen LogP contribution in [0.2, 0.25) is 0 Å². The van der Waals surface area contributed by atoms with E-state index in [4.69, 9.17) is 19.9 Å². The Hall–Kier alpha value is -1.66. The largest absolute Gasteiger partial charge is 0.496 e. The normalized spacial score (nSPS) is 11.1. The molecule has 6 nitrogen and oxygen atoms in total. The molecule has 1 aromatic carbocycles. The van der Waals surface area contributed by atoms with Gasteiger partial charge in [-0.25, -0.2) is 0 Å². The number of carbonyl (C=O) groups excluding carboxylic acids is 1. The lowest BCUT2D eigenvalue weighted by Crippen LogP contribution is -2.18. The molecule has 0 bridgehead atoms. The molecule has 0 aliphatic rings. The van der Waals surface area contributed by atoms with Crippen molar-refractivity contribution < 1.29 is 23.7 Å². The number of nitrogens with two attached hydrogens (primary N) is 1. The van der Waals surface area contributed by atoms with Gasteiger partial charge in [-0.1, -0.05) is 0 Å². The first-order chi connectivity index (χ1) is 9.07. The minimum Gasteiger partial charge on any atom is -0.496 e. The van der Waals surface area contributed by atoms with Crippen LogP contribution in [-0.2, 0) is 9.53 Å². The van der Waals surface area contributed by atoms with Crippen LogP contribution in [0.15, 0.2) is 12.1 Å². The zero-order valence-corrected chi connectivity index (χ0v) is 12.8. The highest BCUT2D eigenvalue weighted by atomic mass is 35.5. The summed E-state index contributed by atoms with van der Waals surface area (Å²) in [5, 5.41) is 0. The molecule has 0 aromatic heterocycles. The number of methoxy groups -OCH3 is 4. The zero-order chi connectivity index (χ0) is 14.4. The number of esters is 1. The molecule has 1 rings (SSSR count). The Labute approximate surface area is 124 Å². The molecule has 0 spiro atoms. The molecule has 0 heterocycles. The lowest BCUT2D eigenvalue weighted by Gasteiger charge is -2.19. The van der Waals surface area contributed by atoms with Crippen LogP contribution < -0.4 is 19.9 Å². The van der Waals surface area contributed by atoms with Crippen molar-refractivity contribution in [1.82, 2.24) is 0 Å². The summed E-state index contributed by atoms with van der Waals surface area (Å²) in [5.41, 5.74) is 6.62. The van der Waals surface area contributed by atoms with Crippen molar-refractivity contribution in [2.75, 3.05) is 28.4 Å². The Morgan fingerprint density at radius 1 is 1.10 bits per heavy atom. The van der Waals surface area contributed by atoms with Crippen molar-refractivity contribution in [1.29, 1.82) is 0 Å². The van der Waals surface area contributed by atoms with Gasteiger partial charge in [0.25, 0.3) is 0 Å². The predicted molar refractivity (Wildman–Crippen MR) is 76.9 cm³/mol. The van der Waals surface area contributed by atoms with E-state index in [9.17, 15) is 4.79 Å². The van der Waals surface area contributed by atoms with E-state index >= 15 is 0 Å². The molecule has 0 saturated heterocycles. The van der Waals surface area contributed by atoms with Gasteiger partial charge in [-0.3, -0.25) is 4.79 Å². The van der Waals surface area contributed by atoms with Gasteiger partial charge < -0.3 is 24.7 Å². The topological polar surface area (TPSA) is 80.0 Å². The van der Waals surface area contributed by atoms with Crippen LogP contribution in [0.4, 0.5) is 0 Å². The van der Waals surface area contributed by atoms with Gasteiger partial charge in [0.05, 0.1) is 40.4 Å². The summed E-state index contributed by atoms with van der Waals surface area (Å²) in [7, 11) is 5.89. The van der Waals surface area contributed by atoms with Gasteiger partial charge in [-0.15, -0.1) is 12.4 Å². The standard InChI is InChI=1S/C13H19NO5.ClH/c1-16-8-5-10(17-2)13(11(6-8)18-3)9(14)7-12(15)19-4;/h5-6,9H,7,14H2,1-4H3;1H/t9-;/m1./s1. The van der Waals surface area contributed by atoms with Gasteiger partial charge >= 0.3 is 5.97 Å². The summed E-state index contributed by atoms with van der Waals surface area (Å²) in [6, 6.07) is 2.80. The first-order valence-corrected chi connectivity index (χ1v) is 5.69. The Kier molecular flexibility index (Phi) is 7.79. The van der Waals surface area contributed by atoms with Crippen molar-refractivity contribution >= 4 is 18.4 Å². The maximum atomic E-state index is 11.3. The molecule has 0 unspecified atom stereocenters. The van der Waals surface area contributed by atoms with E-state index in [-0.39, 0.29) is 18.8 Å². The van der Waals surface area contributed by atoms with Crippen molar-refractivity contribution in [3.63, 3.8) is 0 Å². The second kappa shape index (κ2) is 8.50. The van der Waals surface area contributed by atoms with Gasteiger partial charge in [0, 0.05) is 18.2 Å². The van der Waals surface area contributed by atoms with E-state index in [0.29, 0.717) is 22.8 Å². The maximum Gasteiger partial charge on any atom is 0.307 e. The van der Waals surface area contributed by atoms with E-state index in [2.05, 4.69) is 4.74 Å². The number of hydrogen-bond donors (Lipinski definition) is 1. The third kappa shape index (κ3) is 4.18. The fraction of sp³-hybridized carbons (Fsp3) is 0.462. The second-order valence-electron chi connectivity index (χ2n) is 3.83. The fourth-order valence-electron chi connectivity index (χ4n) is 1.76. The Morgan fingerprint density at radius 3 is 1.95 bits per heavy atom. The molecule has 0 saturated carbocycles. The molecule has 7 heteroatoms. The first kappa shape index (κ1) is 18.3. The van der Waals surface area contributed by atoms with Gasteiger partial charge in [0.2, 0.25) is 0 Å². The van der Waals surface area contributed by atoms with E-state index in [1.165, 1.54) is 21.3 Å². The van der Waals surface area contributed by atoms with Crippen molar-refractivity contribution in [3.8, 4) is 17.2 Å². The first-order valence-electron chi connectivity index (χ1n) is 5.69. The SMILES string of the molecule is COC(=O)C[C@@H](N)c1c(OC)cc(OC)cc1OC.Cl. The summed E-state index contributed by atoms with van der Waals surface area (Å²) >= 11 is 0. The smallest absolute Gasteiger partial charge is 0.307 e. The second-order valence-corrected chi connectivity index (χ2v) is 3.83. The summed E-state index contributed by atoms with van der Waals surface area (Å²) < 4.78 is 20.3. The van der Waals surface area contributed by atoms with Crippen LogP contribution in [0.5, 0.6) is 17.2 Å². The quantitative estimate of drug-likeness (QED) is 0.806. The highest BCUT2D eigenvalue weighted by Crippen LogP contribution is 2.38. The molecule has 0 aliphatic carbocycles. The van der Waals surface area contributed by atoms with Gasteiger partial charge in [0.15, 0.2) is 0 Å². The van der Waals surface area contributed by atoms with Gasteiger partial charge in [0.1, 0.15) is 17.2 Å². The van der Waals surface area contributed by atoms with E-state index in [1.54, 1.807) is 19.2 Å². The van der Waals surface area contributed by atoms with Crippen molar-refractivity contribution in [3.05, 3.63) is 17.7 Å². The number of rotatable bonds is 6. The summed E-state index contributed by atoms with van der Waals surface area (Å²) in [4.78, 5) is 11.3. The Bertz CT molecular complexity index is 427. The summed E-state index contributed by atoms with van der Waals surface area (Å²) in [6.45, 7) is 0. The van der Waals surface area contributed by atoms with Crippen LogP contribution in [-0.4, -0.2) is 34.4 Å². The fourth-order valence-corrected chi connectivity index (χ4v) is 1.76. The van der Waals surface area contributed by atoms with Crippen LogP contribution in [0.25, 0.3) is 0 Å². The monoisotopic (exact) mass is 305 g/mol. The molecule has 0 fully saturated rings. The minimum absolute atomic E-state index is 0. The lowest BCUT2D eigenvalue weighted by atomic mass is 10.0. The molecule has 114 valence electrons. The van der Waals surface area contributed by atoms with E-state index in [0.717, 1.165) is 0 Å². The highest BCUT2D eigenvalue weighted by Gasteiger charge is 2.22. The van der Waals surface area contributed by atoms with Crippen molar-refractivity contribution in [2.24, 2.45) is 5.73 Å². The van der Waals surface area contributed by atoms with E-state index < -0.39 is 12.0 Å². The number of hydrogen-bond acceptors (Lipinski definition) is 6. The summed E-state index contributed by atoms with van der Waals surface area (Å²) in [5.74, 6) is 1.20. The molecule has 1 aromatic rings. The molecule has 0 radical (unpaired) electrons. The molecule has 1 atom stereocenters.